The molecular weight excluding hydrogens is 520 g/mol. The molecule has 4 atom stereocenters. The lowest BCUT2D eigenvalue weighted by Gasteiger charge is -2.51. The highest BCUT2D eigenvalue weighted by Crippen LogP contribution is 2.43. The summed E-state index contributed by atoms with van der Waals surface area (Å²) in [5.74, 6) is -1.95. The SMILES string of the molecule is Cn1nnnc1SCC1=C(C(=O)O)N2C(=O)[C@@H](NC(=O)C3=C(CO)CS[C@@H]4[C@H](N)C(=O)N34)[C@H]2SC1. The number of aliphatic hydroxyl groups is 1. The van der Waals surface area contributed by atoms with E-state index in [9.17, 15) is 29.4 Å². The van der Waals surface area contributed by atoms with Crippen molar-refractivity contribution in [3.05, 3.63) is 22.5 Å². The second-order valence-electron chi connectivity index (χ2n) is 8.04. The number of aliphatic hydroxyl groups excluding tert-OH is 1. The third-order valence-electron chi connectivity index (χ3n) is 5.99. The van der Waals surface area contributed by atoms with Gasteiger partial charge in [-0.05, 0) is 21.6 Å². The summed E-state index contributed by atoms with van der Waals surface area (Å²) in [7, 11) is 1.67. The molecule has 35 heavy (non-hydrogen) atoms. The summed E-state index contributed by atoms with van der Waals surface area (Å²) in [4.78, 5) is 52.9. The Morgan fingerprint density at radius 3 is 2.49 bits per heavy atom. The maximum Gasteiger partial charge on any atom is 0.352 e. The molecule has 0 unspecified atom stereocenters. The van der Waals surface area contributed by atoms with E-state index in [4.69, 9.17) is 5.73 Å². The average molecular weight is 541 g/mol. The number of nitrogens with two attached hydrogens (primary N) is 1. The summed E-state index contributed by atoms with van der Waals surface area (Å²) in [6.07, 6.45) is 0. The van der Waals surface area contributed by atoms with E-state index >= 15 is 0 Å². The monoisotopic (exact) mass is 540 g/mol. The summed E-state index contributed by atoms with van der Waals surface area (Å²) in [6, 6.07) is -1.70. The molecule has 1 aromatic rings. The lowest BCUT2D eigenvalue weighted by Crippen LogP contribution is -2.72. The maximum absolute atomic E-state index is 13.1. The summed E-state index contributed by atoms with van der Waals surface area (Å²) in [6.45, 7) is -0.418. The van der Waals surface area contributed by atoms with Crippen LogP contribution in [-0.2, 0) is 26.2 Å². The fourth-order valence-electron chi connectivity index (χ4n) is 4.22. The van der Waals surface area contributed by atoms with Crippen molar-refractivity contribution in [1.29, 1.82) is 0 Å². The molecule has 5 rings (SSSR count). The Morgan fingerprint density at radius 1 is 1.14 bits per heavy atom. The summed E-state index contributed by atoms with van der Waals surface area (Å²) >= 11 is 3.95. The van der Waals surface area contributed by atoms with Gasteiger partial charge in [0.2, 0.25) is 11.1 Å². The van der Waals surface area contributed by atoms with Crippen molar-refractivity contribution in [2.75, 3.05) is 23.9 Å². The molecular formula is C18H20N8O6S3. The van der Waals surface area contributed by atoms with Crippen molar-refractivity contribution >= 4 is 59.0 Å². The quantitative estimate of drug-likeness (QED) is 0.210. The number of amides is 3. The molecule has 0 bridgehead atoms. The highest BCUT2D eigenvalue weighted by atomic mass is 32.2. The predicted molar refractivity (Wildman–Crippen MR) is 124 cm³/mol. The third kappa shape index (κ3) is 3.81. The zero-order valence-electron chi connectivity index (χ0n) is 18.2. The number of carbonyl (C=O) groups excluding carboxylic acids is 3. The van der Waals surface area contributed by atoms with Gasteiger partial charge in [0.05, 0.1) is 6.61 Å². The van der Waals surface area contributed by atoms with Crippen LogP contribution in [0.15, 0.2) is 27.7 Å². The number of aryl methyl sites for hydroxylation is 1. The summed E-state index contributed by atoms with van der Waals surface area (Å²) in [5.41, 5.74) is 6.64. The van der Waals surface area contributed by atoms with Crippen LogP contribution >= 0.6 is 35.3 Å². The van der Waals surface area contributed by atoms with E-state index in [-0.39, 0.29) is 17.1 Å². The number of rotatable bonds is 7. The van der Waals surface area contributed by atoms with Crippen molar-refractivity contribution in [3.63, 3.8) is 0 Å². The number of thioether (sulfide) groups is 3. The molecule has 0 saturated carbocycles. The minimum absolute atomic E-state index is 0.0124. The van der Waals surface area contributed by atoms with Crippen LogP contribution in [-0.4, -0.2) is 111 Å². The zero-order valence-corrected chi connectivity index (χ0v) is 20.6. The van der Waals surface area contributed by atoms with Gasteiger partial charge < -0.3 is 21.3 Å². The Bertz CT molecular complexity index is 1200. The Morgan fingerprint density at radius 2 is 1.83 bits per heavy atom. The number of carbonyl (C=O) groups is 4. The first kappa shape index (κ1) is 24.1. The number of carboxylic acids is 1. The third-order valence-corrected chi connectivity index (χ3v) is 9.78. The minimum atomic E-state index is -1.24. The van der Waals surface area contributed by atoms with Crippen LogP contribution in [0.25, 0.3) is 0 Å². The van der Waals surface area contributed by atoms with Crippen LogP contribution in [0.5, 0.6) is 0 Å². The van der Waals surface area contributed by atoms with Gasteiger partial charge in [0.15, 0.2) is 0 Å². The number of carboxylic acid groups (broad SMARTS) is 1. The van der Waals surface area contributed by atoms with Gasteiger partial charge >= 0.3 is 5.97 Å². The van der Waals surface area contributed by atoms with Crippen LogP contribution in [0.3, 0.4) is 0 Å². The predicted octanol–water partition coefficient (Wildman–Crippen LogP) is -2.47. The molecule has 14 nitrogen and oxygen atoms in total. The van der Waals surface area contributed by atoms with Gasteiger partial charge in [0, 0.05) is 24.3 Å². The standard InChI is InChI=1S/C18H20N8O6S3/c1-24-18(21-22-23-24)35-5-7-4-34-16-9(14(30)26(16)11(7)17(31)32)20-12(28)10-6(2-27)3-33-15-8(19)13(29)25(10)15/h8-9,15-16,27H,2-5,19H2,1H3,(H,20,28)(H,31,32)/t8-,9-,15-,16-/m1/s1. The van der Waals surface area contributed by atoms with Crippen molar-refractivity contribution in [2.45, 2.75) is 28.0 Å². The molecule has 4 aliphatic heterocycles. The molecule has 0 radical (unpaired) electrons. The number of aliphatic carboxylic acids is 1. The van der Waals surface area contributed by atoms with Gasteiger partial charge in [0.25, 0.3) is 11.8 Å². The van der Waals surface area contributed by atoms with Crippen LogP contribution in [0.1, 0.15) is 0 Å². The van der Waals surface area contributed by atoms with E-state index in [0.29, 0.717) is 27.8 Å². The van der Waals surface area contributed by atoms with E-state index < -0.39 is 53.1 Å². The highest BCUT2D eigenvalue weighted by Gasteiger charge is 2.56. The molecule has 5 heterocycles. The molecule has 2 saturated heterocycles. The number of nitrogens with one attached hydrogen (secondary N) is 1. The molecule has 186 valence electrons. The van der Waals surface area contributed by atoms with E-state index in [1.54, 1.807) is 7.05 Å². The van der Waals surface area contributed by atoms with Crippen molar-refractivity contribution in [1.82, 2.24) is 35.3 Å². The number of nitrogens with zero attached hydrogens (tertiary/aromatic N) is 6. The molecule has 4 aliphatic rings. The number of tetrazole rings is 1. The number of hydrogen-bond donors (Lipinski definition) is 4. The first-order chi connectivity index (χ1) is 16.7. The molecule has 1 aromatic heterocycles. The first-order valence-electron chi connectivity index (χ1n) is 10.3. The number of aromatic nitrogens is 4. The molecule has 3 amide bonds. The van der Waals surface area contributed by atoms with E-state index in [1.807, 2.05) is 0 Å². The zero-order chi connectivity index (χ0) is 25.0. The minimum Gasteiger partial charge on any atom is -0.477 e. The lowest BCUT2D eigenvalue weighted by atomic mass is 10.0. The smallest absolute Gasteiger partial charge is 0.352 e. The molecule has 2 fully saturated rings. The fraction of sp³-hybridized carbons (Fsp3) is 0.500. The second kappa shape index (κ2) is 9.12. The van der Waals surface area contributed by atoms with E-state index in [0.717, 1.165) is 0 Å². The maximum atomic E-state index is 13.1. The fourth-order valence-corrected chi connectivity index (χ4v) is 7.83. The Kier molecular flexibility index (Phi) is 6.28. The van der Waals surface area contributed by atoms with Crippen LogP contribution in [0.4, 0.5) is 0 Å². The normalized spacial score (nSPS) is 27.9. The average Bonchev–Trinajstić information content (AvgIpc) is 3.27. The van der Waals surface area contributed by atoms with Gasteiger partial charge in [-0.3, -0.25) is 24.2 Å². The van der Waals surface area contributed by atoms with E-state index in [1.165, 1.54) is 49.8 Å². The van der Waals surface area contributed by atoms with Gasteiger partial charge in [-0.1, -0.05) is 11.8 Å². The van der Waals surface area contributed by atoms with Gasteiger partial charge in [-0.15, -0.1) is 28.6 Å². The molecule has 5 N–H and O–H groups in total. The van der Waals surface area contributed by atoms with Crippen molar-refractivity contribution in [3.8, 4) is 0 Å². The first-order valence-corrected chi connectivity index (χ1v) is 13.4. The Labute approximate surface area is 210 Å². The lowest BCUT2D eigenvalue weighted by molar-refractivity contribution is -0.151. The Hall–Kier alpha value is -2.60. The molecule has 0 aromatic carbocycles. The summed E-state index contributed by atoms with van der Waals surface area (Å²) < 4.78 is 1.46. The van der Waals surface area contributed by atoms with Crippen LogP contribution in [0.2, 0.25) is 0 Å². The highest BCUT2D eigenvalue weighted by molar-refractivity contribution is 8.01. The largest absolute Gasteiger partial charge is 0.477 e. The molecule has 17 heteroatoms. The van der Waals surface area contributed by atoms with Gasteiger partial charge in [-0.25, -0.2) is 9.48 Å². The molecule has 0 aliphatic carbocycles. The second-order valence-corrected chi connectivity index (χ2v) is 11.2. The number of fused-ring (bicyclic) bond motifs is 2. The van der Waals surface area contributed by atoms with Gasteiger partial charge in [-0.2, -0.15) is 0 Å². The van der Waals surface area contributed by atoms with Crippen molar-refractivity contribution in [2.24, 2.45) is 12.8 Å². The number of β-lactam (4-membered cyclic amide) rings is 2. The van der Waals surface area contributed by atoms with Crippen molar-refractivity contribution < 1.29 is 29.4 Å². The van der Waals surface area contributed by atoms with Crippen LogP contribution < -0.4 is 11.1 Å². The van der Waals surface area contributed by atoms with Crippen LogP contribution in [0, 0.1) is 0 Å². The number of hydrogen-bond acceptors (Lipinski definition) is 12. The topological polar surface area (TPSA) is 197 Å². The van der Waals surface area contributed by atoms with Gasteiger partial charge in [0.1, 0.15) is 34.2 Å². The summed E-state index contributed by atoms with van der Waals surface area (Å²) in [5, 5.41) is 32.8. The van der Waals surface area contributed by atoms with E-state index in [2.05, 4.69) is 20.8 Å². The molecule has 0 spiro atoms. The Balaban J connectivity index is 1.32.